The Balaban J connectivity index is 2.40. The molecule has 0 saturated heterocycles. The summed E-state index contributed by atoms with van der Waals surface area (Å²) in [5, 5.41) is 0. The van der Waals surface area contributed by atoms with E-state index in [2.05, 4.69) is 0 Å². The van der Waals surface area contributed by atoms with Crippen molar-refractivity contribution in [1.82, 2.24) is 0 Å². The van der Waals surface area contributed by atoms with E-state index in [-0.39, 0.29) is 27.9 Å². The number of benzene rings is 2. The lowest BCUT2D eigenvalue weighted by molar-refractivity contribution is -0.137. The van der Waals surface area contributed by atoms with Crippen LogP contribution in [-0.4, -0.2) is 5.78 Å². The minimum atomic E-state index is -4.58. The minimum absolute atomic E-state index is 0.0297. The number of fused-ring (bicyclic) bond motifs is 3. The Labute approximate surface area is 112 Å². The van der Waals surface area contributed by atoms with E-state index < -0.39 is 17.5 Å². The number of nitrogen functional groups attached to an aromatic ring is 2. The highest BCUT2D eigenvalue weighted by molar-refractivity contribution is 6.23. The lowest BCUT2D eigenvalue weighted by atomic mass is 9.98. The predicted molar refractivity (Wildman–Crippen MR) is 69.1 cm³/mol. The molecule has 0 bridgehead atoms. The van der Waals surface area contributed by atoms with Crippen molar-refractivity contribution in [3.05, 3.63) is 47.0 Å². The van der Waals surface area contributed by atoms with Gasteiger partial charge in [-0.3, -0.25) is 4.79 Å². The molecule has 2 aromatic carbocycles. The standard InChI is InChI=1S/C14H9F3N2O/c15-14(16,17)11-5-7(19)4-10-12(11)8-2-1-6(18)3-9(8)13(10)20/h1-5H,18-19H2. The third-order valence-electron chi connectivity index (χ3n) is 3.27. The van der Waals surface area contributed by atoms with E-state index in [1.54, 1.807) is 0 Å². The highest BCUT2D eigenvalue weighted by Gasteiger charge is 2.39. The van der Waals surface area contributed by atoms with Crippen LogP contribution in [0.1, 0.15) is 21.5 Å². The first kappa shape index (κ1) is 12.5. The molecule has 0 unspecified atom stereocenters. The third-order valence-corrected chi connectivity index (χ3v) is 3.27. The number of hydrogen-bond acceptors (Lipinski definition) is 3. The number of halogens is 3. The zero-order valence-corrected chi connectivity index (χ0v) is 10.1. The molecule has 0 radical (unpaired) electrons. The van der Waals surface area contributed by atoms with Gasteiger partial charge in [-0.05, 0) is 29.8 Å². The number of hydrogen-bond donors (Lipinski definition) is 2. The summed E-state index contributed by atoms with van der Waals surface area (Å²) in [6.45, 7) is 0. The molecule has 0 saturated carbocycles. The van der Waals surface area contributed by atoms with Crippen LogP contribution in [0, 0.1) is 0 Å². The van der Waals surface area contributed by atoms with Crippen molar-refractivity contribution in [2.45, 2.75) is 6.18 Å². The number of alkyl halides is 3. The van der Waals surface area contributed by atoms with Crippen molar-refractivity contribution in [1.29, 1.82) is 0 Å². The number of ketones is 1. The average molecular weight is 278 g/mol. The Hall–Kier alpha value is -2.50. The van der Waals surface area contributed by atoms with Crippen molar-refractivity contribution in [2.24, 2.45) is 0 Å². The molecule has 3 rings (SSSR count). The number of rotatable bonds is 0. The van der Waals surface area contributed by atoms with E-state index in [1.807, 2.05) is 0 Å². The van der Waals surface area contributed by atoms with Crippen molar-refractivity contribution >= 4 is 17.2 Å². The van der Waals surface area contributed by atoms with Gasteiger partial charge in [0.1, 0.15) is 0 Å². The second-order valence-electron chi connectivity index (χ2n) is 4.62. The number of nitrogens with two attached hydrogens (primary N) is 2. The van der Waals surface area contributed by atoms with Gasteiger partial charge in [0.15, 0.2) is 5.78 Å². The van der Waals surface area contributed by atoms with Gasteiger partial charge >= 0.3 is 6.18 Å². The first-order chi connectivity index (χ1) is 9.29. The fourth-order valence-electron chi connectivity index (χ4n) is 2.47. The molecule has 0 amide bonds. The summed E-state index contributed by atoms with van der Waals surface area (Å²) in [6.07, 6.45) is -4.58. The van der Waals surface area contributed by atoms with Crippen molar-refractivity contribution < 1.29 is 18.0 Å². The van der Waals surface area contributed by atoms with E-state index in [1.165, 1.54) is 24.3 Å². The van der Waals surface area contributed by atoms with Crippen LogP contribution in [0.5, 0.6) is 0 Å². The second kappa shape index (κ2) is 3.75. The van der Waals surface area contributed by atoms with E-state index >= 15 is 0 Å². The van der Waals surface area contributed by atoms with Crippen LogP contribution >= 0.6 is 0 Å². The molecule has 102 valence electrons. The van der Waals surface area contributed by atoms with Gasteiger partial charge in [0.25, 0.3) is 0 Å². The fourth-order valence-corrected chi connectivity index (χ4v) is 2.47. The molecule has 0 aliphatic heterocycles. The monoisotopic (exact) mass is 278 g/mol. The normalized spacial score (nSPS) is 13.2. The summed E-state index contributed by atoms with van der Waals surface area (Å²) in [7, 11) is 0. The highest BCUT2D eigenvalue weighted by atomic mass is 19.4. The Kier molecular flexibility index (Phi) is 2.35. The van der Waals surface area contributed by atoms with Gasteiger partial charge < -0.3 is 11.5 Å². The van der Waals surface area contributed by atoms with Gasteiger partial charge in [-0.1, -0.05) is 6.07 Å². The summed E-state index contributed by atoms with van der Waals surface area (Å²) in [4.78, 5) is 12.2. The number of carbonyl (C=O) groups excluding carboxylic acids is 1. The maximum atomic E-state index is 13.1. The number of anilines is 2. The molecule has 2 aromatic rings. The van der Waals surface area contributed by atoms with Gasteiger partial charge in [0.05, 0.1) is 5.56 Å². The average Bonchev–Trinajstić information content (AvgIpc) is 2.61. The minimum Gasteiger partial charge on any atom is -0.399 e. The lowest BCUT2D eigenvalue weighted by Crippen LogP contribution is -2.09. The van der Waals surface area contributed by atoms with Gasteiger partial charge in [0.2, 0.25) is 0 Å². The summed E-state index contributed by atoms with van der Waals surface area (Å²) in [5.74, 6) is -0.486. The molecule has 0 heterocycles. The largest absolute Gasteiger partial charge is 0.417 e. The summed E-state index contributed by atoms with van der Waals surface area (Å²) in [6, 6.07) is 6.40. The lowest BCUT2D eigenvalue weighted by Gasteiger charge is -2.13. The summed E-state index contributed by atoms with van der Waals surface area (Å²) in [5.41, 5.74) is 10.7. The van der Waals surface area contributed by atoms with E-state index in [0.717, 1.165) is 6.07 Å². The molecular formula is C14H9F3N2O. The summed E-state index contributed by atoms with van der Waals surface area (Å²) < 4.78 is 39.4. The van der Waals surface area contributed by atoms with Gasteiger partial charge in [-0.2, -0.15) is 13.2 Å². The molecule has 1 aliphatic rings. The Morgan fingerprint density at radius 1 is 0.850 bits per heavy atom. The molecular weight excluding hydrogens is 269 g/mol. The van der Waals surface area contributed by atoms with Crippen molar-refractivity contribution in [3.8, 4) is 11.1 Å². The zero-order chi connectivity index (χ0) is 14.7. The zero-order valence-electron chi connectivity index (χ0n) is 10.1. The number of carbonyl (C=O) groups is 1. The van der Waals surface area contributed by atoms with Crippen LogP contribution in [0.4, 0.5) is 24.5 Å². The van der Waals surface area contributed by atoms with Crippen molar-refractivity contribution in [2.75, 3.05) is 11.5 Å². The Morgan fingerprint density at radius 3 is 2.15 bits per heavy atom. The van der Waals surface area contributed by atoms with Crippen LogP contribution in [0.2, 0.25) is 0 Å². The van der Waals surface area contributed by atoms with Gasteiger partial charge in [0, 0.05) is 28.1 Å². The molecule has 0 aromatic heterocycles. The Morgan fingerprint density at radius 2 is 1.50 bits per heavy atom. The van der Waals surface area contributed by atoms with E-state index in [9.17, 15) is 18.0 Å². The first-order valence-electron chi connectivity index (χ1n) is 5.74. The summed E-state index contributed by atoms with van der Waals surface area (Å²) >= 11 is 0. The maximum absolute atomic E-state index is 13.1. The van der Waals surface area contributed by atoms with E-state index in [0.29, 0.717) is 5.69 Å². The highest BCUT2D eigenvalue weighted by Crippen LogP contribution is 2.46. The molecule has 1 aliphatic carbocycles. The SMILES string of the molecule is Nc1ccc2c(c1)C(=O)c1cc(N)cc(C(F)(F)F)c1-2. The van der Waals surface area contributed by atoms with Crippen LogP contribution < -0.4 is 11.5 Å². The quantitative estimate of drug-likeness (QED) is 0.621. The molecule has 0 fully saturated rings. The molecule has 6 heteroatoms. The molecule has 20 heavy (non-hydrogen) atoms. The van der Waals surface area contributed by atoms with Crippen LogP contribution in [0.3, 0.4) is 0 Å². The van der Waals surface area contributed by atoms with Crippen LogP contribution in [-0.2, 0) is 6.18 Å². The maximum Gasteiger partial charge on any atom is 0.417 e. The third kappa shape index (κ3) is 1.65. The van der Waals surface area contributed by atoms with Crippen LogP contribution in [0.15, 0.2) is 30.3 Å². The second-order valence-corrected chi connectivity index (χ2v) is 4.62. The first-order valence-corrected chi connectivity index (χ1v) is 5.74. The topological polar surface area (TPSA) is 69.1 Å². The van der Waals surface area contributed by atoms with Gasteiger partial charge in [-0.25, -0.2) is 0 Å². The molecule has 3 nitrogen and oxygen atoms in total. The fraction of sp³-hybridized carbons (Fsp3) is 0.0714. The van der Waals surface area contributed by atoms with E-state index in [4.69, 9.17) is 11.5 Å². The van der Waals surface area contributed by atoms with Crippen molar-refractivity contribution in [3.63, 3.8) is 0 Å². The van der Waals surface area contributed by atoms with Crippen LogP contribution in [0.25, 0.3) is 11.1 Å². The molecule has 4 N–H and O–H groups in total. The molecule has 0 spiro atoms. The van der Waals surface area contributed by atoms with Gasteiger partial charge in [-0.15, -0.1) is 0 Å². The molecule has 0 atom stereocenters. The predicted octanol–water partition coefficient (Wildman–Crippen LogP) is 3.08. The smallest absolute Gasteiger partial charge is 0.399 e. The Bertz CT molecular complexity index is 751.